The van der Waals surface area contributed by atoms with E-state index in [2.05, 4.69) is 47.0 Å². The minimum atomic E-state index is -4.06. The van der Waals surface area contributed by atoms with E-state index < -0.39 is 68.7 Å². The number of carbonyl (C=O) groups is 6. The lowest BCUT2D eigenvalue weighted by Gasteiger charge is -2.10. The maximum absolute atomic E-state index is 12.4. The Kier molecular flexibility index (Phi) is 28.4. The third kappa shape index (κ3) is 26.2. The van der Waals surface area contributed by atoms with Gasteiger partial charge in [-0.05, 0) is 148 Å². The lowest BCUT2D eigenvalue weighted by Crippen LogP contribution is -2.14. The van der Waals surface area contributed by atoms with Gasteiger partial charge < -0.3 is 47.8 Å². The minimum Gasteiger partial charge on any atom is -0.507 e. The second-order valence-corrected chi connectivity index (χ2v) is 21.2. The van der Waals surface area contributed by atoms with E-state index in [9.17, 15) is 70.9 Å². The summed E-state index contributed by atoms with van der Waals surface area (Å²) >= 11 is 4.87. The molecule has 0 spiro atoms. The van der Waals surface area contributed by atoms with E-state index in [1.165, 1.54) is 72.8 Å². The van der Waals surface area contributed by atoms with Gasteiger partial charge >= 0.3 is 11.9 Å². The van der Waals surface area contributed by atoms with Gasteiger partial charge in [0.05, 0.1) is 19.6 Å². The van der Waals surface area contributed by atoms with Crippen LogP contribution in [-0.4, -0.2) is 82.0 Å². The number of nitro benzene ring substituents is 2. The normalized spacial score (nSPS) is 9.98. The Labute approximate surface area is 489 Å². The van der Waals surface area contributed by atoms with Crippen LogP contribution in [-0.2, 0) is 38.3 Å². The molecule has 0 aliphatic carbocycles. The van der Waals surface area contributed by atoms with E-state index in [0.717, 1.165) is 42.1 Å². The number of carboxylic acids is 2. The van der Waals surface area contributed by atoms with Gasteiger partial charge in [0.15, 0.2) is 0 Å². The van der Waals surface area contributed by atoms with Crippen LogP contribution in [0.2, 0.25) is 0 Å². The molecule has 0 aromatic heterocycles. The van der Waals surface area contributed by atoms with E-state index in [1.807, 2.05) is 0 Å². The number of carbonyl (C=O) groups excluding carboxylic acids is 4. The summed E-state index contributed by atoms with van der Waals surface area (Å²) in [4.78, 5) is 84.0. The van der Waals surface area contributed by atoms with Gasteiger partial charge in [0.2, 0.25) is 5.24 Å². The fourth-order valence-corrected chi connectivity index (χ4v) is 6.93. The van der Waals surface area contributed by atoms with Crippen molar-refractivity contribution in [2.24, 2.45) is 0 Å². The van der Waals surface area contributed by atoms with Crippen molar-refractivity contribution < 1.29 is 75.9 Å². The van der Waals surface area contributed by atoms with Gasteiger partial charge in [-0.2, -0.15) is 0 Å². The molecule has 26 nitrogen and oxygen atoms in total. The van der Waals surface area contributed by atoms with Gasteiger partial charge in [-0.15, -0.1) is 0 Å². The number of nitrogens with two attached hydrogens (primary N) is 2. The summed E-state index contributed by atoms with van der Waals surface area (Å²) in [5, 5.41) is 63.8. The summed E-state index contributed by atoms with van der Waals surface area (Å²) in [6.45, 7) is 20.2. The number of aromatic hydroxyl groups is 2. The van der Waals surface area contributed by atoms with Crippen molar-refractivity contribution in [2.45, 2.75) is 37.5 Å². The van der Waals surface area contributed by atoms with E-state index in [0.29, 0.717) is 45.0 Å². The van der Waals surface area contributed by atoms with Crippen LogP contribution in [0.3, 0.4) is 0 Å². The molecule has 0 aliphatic heterocycles. The molecule has 444 valence electrons. The lowest BCUT2D eigenvalue weighted by molar-refractivity contribution is -0.385. The fourth-order valence-electron chi connectivity index (χ4n) is 5.07. The summed E-state index contributed by atoms with van der Waals surface area (Å²) < 4.78 is 48.7. The van der Waals surface area contributed by atoms with E-state index >= 15 is 0 Å². The van der Waals surface area contributed by atoms with Gasteiger partial charge in [0.1, 0.15) is 22.6 Å². The van der Waals surface area contributed by atoms with Crippen LogP contribution >= 0.6 is 22.3 Å². The zero-order chi connectivity index (χ0) is 64.4. The highest BCUT2D eigenvalue weighted by Crippen LogP contribution is 2.26. The Bertz CT molecular complexity index is 3680. The van der Waals surface area contributed by atoms with Crippen LogP contribution in [0.25, 0.3) is 0 Å². The van der Waals surface area contributed by atoms with Crippen LogP contribution in [0.5, 0.6) is 11.5 Å². The molecule has 6 aromatic carbocycles. The van der Waals surface area contributed by atoms with Crippen LogP contribution < -0.4 is 32.1 Å². The second-order valence-electron chi connectivity index (χ2n) is 16.6. The summed E-state index contributed by atoms with van der Waals surface area (Å²) in [6, 6.07) is 29.9. The standard InChI is InChI=1S/C17H16N2O6S.C10H10N2O3.C10H12N2O.C7H5ClO5S.C6H6N2O2.C4H5ClO/c1-10(2)16(21)18-11-3-5-12(6-4-11)19-26(24,25)13-7-8-15(20)14(9-13)17(22)23;1-7(2)10(13)11-8-3-5-9(6-4-8)12(14)15;1-7(2)10(13)12-9-5-3-8(11)4-6-9;8-14(12,13)4-1-2-6(9)5(3-4)7(10)11;7-5-1-3-6(4-2-5)8(9)10;1-3(2)4(5)6/h3-9,19-20H,1H2,2H3,(H,18,21)(H,22,23);3-6H,1H2,2H3,(H,11,13);3-6H,1,11H2,2H3,(H,12,13);1-3,9H,(H,10,11);1-4H,7H2;1H2,2H3. The van der Waals surface area contributed by atoms with Crippen molar-refractivity contribution in [1.82, 2.24) is 0 Å². The van der Waals surface area contributed by atoms with Crippen molar-refractivity contribution in [3.8, 4) is 11.5 Å². The van der Waals surface area contributed by atoms with Crippen LogP contribution in [0, 0.1) is 20.2 Å². The Hall–Kier alpha value is -10.4. The van der Waals surface area contributed by atoms with Crippen LogP contribution in [0.15, 0.2) is 192 Å². The number of nitro groups is 2. The number of aromatic carboxylic acids is 2. The number of allylic oxidation sites excluding steroid dienone is 1. The zero-order valence-electron chi connectivity index (χ0n) is 44.7. The Morgan fingerprint density at radius 3 is 1.06 bits per heavy atom. The molecule has 12 N–H and O–H groups in total. The third-order valence-corrected chi connectivity index (χ3v) is 12.5. The number of hydrogen-bond donors (Lipinski definition) is 10. The molecule has 0 radical (unpaired) electrons. The first-order chi connectivity index (χ1) is 38.9. The number of nitrogens with zero attached hydrogens (tertiary/aromatic N) is 2. The highest BCUT2D eigenvalue weighted by molar-refractivity contribution is 8.13. The van der Waals surface area contributed by atoms with E-state index in [1.54, 1.807) is 52.0 Å². The number of rotatable bonds is 15. The zero-order valence-corrected chi connectivity index (χ0v) is 47.8. The lowest BCUT2D eigenvalue weighted by atomic mass is 10.2. The number of hydrogen-bond acceptors (Lipinski definition) is 18. The molecule has 6 aromatic rings. The van der Waals surface area contributed by atoms with Gasteiger partial charge in [-0.25, -0.2) is 26.4 Å². The largest absolute Gasteiger partial charge is 0.507 e. The predicted octanol–water partition coefficient (Wildman–Crippen LogP) is 9.82. The van der Waals surface area contributed by atoms with Crippen molar-refractivity contribution >= 4 is 122 Å². The smallest absolute Gasteiger partial charge is 0.339 e. The summed E-state index contributed by atoms with van der Waals surface area (Å²) in [5.74, 6) is -4.75. The van der Waals surface area contributed by atoms with Crippen LogP contribution in [0.1, 0.15) is 48.4 Å². The molecule has 30 heteroatoms. The van der Waals surface area contributed by atoms with Crippen molar-refractivity contribution in [2.75, 3.05) is 32.1 Å². The molecule has 84 heavy (non-hydrogen) atoms. The minimum absolute atomic E-state index is 0.0108. The molecule has 0 saturated heterocycles. The van der Waals surface area contributed by atoms with E-state index in [4.69, 9.17) is 49.1 Å². The highest BCUT2D eigenvalue weighted by Gasteiger charge is 2.20. The molecule has 0 unspecified atom stereocenters. The number of anilines is 6. The molecule has 0 heterocycles. The number of nitrogens with one attached hydrogen (secondary N) is 4. The number of carboxylic acid groups (broad SMARTS) is 2. The molecule has 3 amide bonds. The molecule has 0 bridgehead atoms. The highest BCUT2D eigenvalue weighted by atomic mass is 35.7. The van der Waals surface area contributed by atoms with Crippen molar-refractivity contribution in [1.29, 1.82) is 0 Å². The first-order valence-corrected chi connectivity index (χ1v) is 27.1. The Balaban J connectivity index is 0.000000531. The predicted molar refractivity (Wildman–Crippen MR) is 318 cm³/mol. The molecule has 0 aliphatic rings. The molecule has 0 fully saturated rings. The second kappa shape index (κ2) is 33.4. The maximum atomic E-state index is 12.4. The number of nitrogen functional groups attached to an aromatic ring is 2. The van der Waals surface area contributed by atoms with Gasteiger partial charge in [-0.1, -0.05) is 26.3 Å². The van der Waals surface area contributed by atoms with Crippen molar-refractivity contribution in [3.63, 3.8) is 0 Å². The number of halogens is 2. The van der Waals surface area contributed by atoms with Crippen molar-refractivity contribution in [3.05, 3.63) is 213 Å². The summed E-state index contributed by atoms with van der Waals surface area (Å²) in [7, 11) is -3.05. The molecular formula is C54H54Cl2N8O18S2. The number of phenols is 2. The average Bonchev–Trinajstić information content (AvgIpc) is 3.62. The Morgan fingerprint density at radius 2 is 0.762 bits per heavy atom. The number of benzene rings is 6. The molecule has 0 atom stereocenters. The first-order valence-electron chi connectivity index (χ1n) is 22.9. The fraction of sp³-hybridized carbons (Fsp3) is 0.0741. The quantitative estimate of drug-likeness (QED) is 0.0150. The number of amides is 3. The number of non-ortho nitro benzene ring substituents is 2. The van der Waals surface area contributed by atoms with Gasteiger partial charge in [0, 0.05) is 91.4 Å². The summed E-state index contributed by atoms with van der Waals surface area (Å²) in [6.07, 6.45) is 0. The van der Waals surface area contributed by atoms with Crippen LogP contribution in [0.4, 0.5) is 45.5 Å². The van der Waals surface area contributed by atoms with E-state index in [-0.39, 0.29) is 44.6 Å². The van der Waals surface area contributed by atoms with Gasteiger partial charge in [-0.3, -0.25) is 44.1 Å². The third-order valence-electron chi connectivity index (χ3n) is 9.49. The molecular weight excluding hydrogens is 1180 g/mol. The maximum Gasteiger partial charge on any atom is 0.339 e. The molecule has 6 rings (SSSR count). The number of sulfonamides is 1. The van der Waals surface area contributed by atoms with Gasteiger partial charge in [0.25, 0.3) is 48.2 Å². The SMILES string of the molecule is C=C(C)C(=O)Cl.C=C(C)C(=O)Nc1ccc(N)cc1.C=C(C)C(=O)Nc1ccc(NS(=O)(=O)c2ccc(O)c(C(=O)O)c2)cc1.C=C(C)C(=O)Nc1ccc([N+](=O)[O-])cc1.Nc1ccc([N+](=O)[O-])cc1.O=C(O)c1cc(S(=O)(=O)Cl)ccc1O. The first kappa shape index (κ1) is 71.6. The average molecular weight is 1240 g/mol. The monoisotopic (exact) mass is 1240 g/mol. The summed E-state index contributed by atoms with van der Waals surface area (Å²) in [5.41, 5.74) is 14.5. The topological polar surface area (TPSA) is 438 Å². The Morgan fingerprint density at radius 1 is 0.488 bits per heavy atom. The molecule has 0 saturated carbocycles.